The summed E-state index contributed by atoms with van der Waals surface area (Å²) in [7, 11) is 0. The van der Waals surface area contributed by atoms with E-state index in [9.17, 15) is 14.0 Å². The number of carbonyl (C=O) groups excluding carboxylic acids is 2. The Morgan fingerprint density at radius 2 is 1.72 bits per heavy atom. The largest absolute Gasteiger partial charge is 0.313 e. The third-order valence-corrected chi connectivity index (χ3v) is 4.86. The van der Waals surface area contributed by atoms with E-state index >= 15 is 0 Å². The van der Waals surface area contributed by atoms with Gasteiger partial charge < -0.3 is 4.40 Å². The molecule has 0 aliphatic rings. The quantitative estimate of drug-likeness (QED) is 0.336. The van der Waals surface area contributed by atoms with E-state index in [1.807, 2.05) is 36.5 Å². The van der Waals surface area contributed by atoms with E-state index in [4.69, 9.17) is 0 Å². The van der Waals surface area contributed by atoms with Crippen LogP contribution in [0.25, 0.3) is 11.6 Å². The van der Waals surface area contributed by atoms with Gasteiger partial charge >= 0.3 is 0 Å². The fourth-order valence-corrected chi connectivity index (χ4v) is 3.41. The van der Waals surface area contributed by atoms with Gasteiger partial charge in [0.15, 0.2) is 5.78 Å². The molecule has 0 saturated carbocycles. The Labute approximate surface area is 167 Å². The first-order valence-corrected chi connectivity index (χ1v) is 9.23. The number of fused-ring (bicyclic) bond motifs is 1. The lowest BCUT2D eigenvalue weighted by Crippen LogP contribution is -2.13. The van der Waals surface area contributed by atoms with Crippen LogP contribution in [0.3, 0.4) is 0 Å². The lowest BCUT2D eigenvalue weighted by atomic mass is 9.97. The zero-order chi connectivity index (χ0) is 20.4. The van der Waals surface area contributed by atoms with Crippen LogP contribution in [0.4, 0.5) is 4.39 Å². The standard InChI is InChI=1S/C25H18FNO2/c1-17-22(23(28)13-12-18-7-5-10-20(26)15-18)16-21-11-6-14-27(21)24(17)25(29)19-8-3-2-4-9-19/h2-16H,1H3/b13-12+. The summed E-state index contributed by atoms with van der Waals surface area (Å²) in [6, 6.07) is 20.5. The topological polar surface area (TPSA) is 38.5 Å². The van der Waals surface area contributed by atoms with Crippen molar-refractivity contribution in [2.24, 2.45) is 0 Å². The third kappa shape index (κ3) is 3.65. The Hall–Kier alpha value is -3.79. The molecule has 0 bridgehead atoms. The highest BCUT2D eigenvalue weighted by molar-refractivity contribution is 6.14. The third-order valence-electron chi connectivity index (χ3n) is 4.86. The lowest BCUT2D eigenvalue weighted by molar-refractivity contribution is 0.103. The molecule has 0 unspecified atom stereocenters. The maximum Gasteiger partial charge on any atom is 0.210 e. The normalized spacial score (nSPS) is 11.2. The molecule has 0 saturated heterocycles. The van der Waals surface area contributed by atoms with E-state index < -0.39 is 0 Å². The van der Waals surface area contributed by atoms with Gasteiger partial charge in [-0.25, -0.2) is 4.39 Å². The molecule has 0 N–H and O–H groups in total. The molecular weight excluding hydrogens is 365 g/mol. The minimum Gasteiger partial charge on any atom is -0.313 e. The smallest absolute Gasteiger partial charge is 0.210 e. The molecule has 2 aromatic carbocycles. The first kappa shape index (κ1) is 18.6. The lowest BCUT2D eigenvalue weighted by Gasteiger charge is -2.13. The van der Waals surface area contributed by atoms with E-state index in [0.29, 0.717) is 27.9 Å². The number of hydrogen-bond acceptors (Lipinski definition) is 2. The summed E-state index contributed by atoms with van der Waals surface area (Å²) in [6.07, 6.45) is 4.80. The van der Waals surface area contributed by atoms with E-state index in [0.717, 1.165) is 5.52 Å². The average molecular weight is 383 g/mol. The van der Waals surface area contributed by atoms with Crippen LogP contribution < -0.4 is 0 Å². The van der Waals surface area contributed by atoms with Crippen molar-refractivity contribution < 1.29 is 14.0 Å². The van der Waals surface area contributed by atoms with Crippen molar-refractivity contribution in [2.75, 3.05) is 0 Å². The highest BCUT2D eigenvalue weighted by Crippen LogP contribution is 2.23. The monoisotopic (exact) mass is 383 g/mol. The maximum absolute atomic E-state index is 13.4. The Balaban J connectivity index is 1.79. The van der Waals surface area contributed by atoms with Crippen molar-refractivity contribution in [2.45, 2.75) is 6.92 Å². The van der Waals surface area contributed by atoms with Crippen molar-refractivity contribution in [3.05, 3.63) is 119 Å². The summed E-state index contributed by atoms with van der Waals surface area (Å²) in [4.78, 5) is 26.1. The van der Waals surface area contributed by atoms with Crippen LogP contribution >= 0.6 is 0 Å². The first-order valence-electron chi connectivity index (χ1n) is 9.23. The Kier molecular flexibility index (Phi) is 4.92. The summed E-state index contributed by atoms with van der Waals surface area (Å²) in [5.74, 6) is -0.744. The second-order valence-electron chi connectivity index (χ2n) is 6.78. The highest BCUT2D eigenvalue weighted by Gasteiger charge is 2.20. The number of benzene rings is 2. The van der Waals surface area contributed by atoms with Crippen LogP contribution in [0.1, 0.15) is 37.5 Å². The molecule has 0 amide bonds. The zero-order valence-corrected chi connectivity index (χ0v) is 15.8. The van der Waals surface area contributed by atoms with Gasteiger partial charge in [-0.15, -0.1) is 0 Å². The second-order valence-corrected chi connectivity index (χ2v) is 6.78. The van der Waals surface area contributed by atoms with Crippen molar-refractivity contribution in [3.63, 3.8) is 0 Å². The molecule has 0 fully saturated rings. The molecule has 0 spiro atoms. The van der Waals surface area contributed by atoms with Gasteiger partial charge in [-0.05, 0) is 54.5 Å². The molecule has 4 aromatic rings. The van der Waals surface area contributed by atoms with Gasteiger partial charge in [-0.1, -0.05) is 48.5 Å². The van der Waals surface area contributed by atoms with Crippen LogP contribution in [0.5, 0.6) is 0 Å². The number of allylic oxidation sites excluding steroid dienone is 1. The van der Waals surface area contributed by atoms with Crippen LogP contribution in [0.15, 0.2) is 85.1 Å². The van der Waals surface area contributed by atoms with Gasteiger partial charge in [0.25, 0.3) is 0 Å². The molecule has 0 atom stereocenters. The predicted molar refractivity (Wildman–Crippen MR) is 112 cm³/mol. The fourth-order valence-electron chi connectivity index (χ4n) is 3.41. The van der Waals surface area contributed by atoms with Gasteiger partial charge in [0.1, 0.15) is 5.82 Å². The van der Waals surface area contributed by atoms with Gasteiger partial charge in [-0.2, -0.15) is 0 Å². The number of ketones is 2. The summed E-state index contributed by atoms with van der Waals surface area (Å²) in [5.41, 5.74) is 3.43. The average Bonchev–Trinajstić information content (AvgIpc) is 3.20. The molecule has 0 radical (unpaired) electrons. The molecule has 0 aliphatic carbocycles. The van der Waals surface area contributed by atoms with Crippen molar-refractivity contribution in [1.29, 1.82) is 0 Å². The van der Waals surface area contributed by atoms with Gasteiger partial charge in [-0.3, -0.25) is 9.59 Å². The highest BCUT2D eigenvalue weighted by atomic mass is 19.1. The fraction of sp³-hybridized carbons (Fsp3) is 0.0400. The molecular formula is C25H18FNO2. The maximum atomic E-state index is 13.4. The van der Waals surface area contributed by atoms with E-state index in [-0.39, 0.29) is 17.4 Å². The van der Waals surface area contributed by atoms with Crippen LogP contribution in [0, 0.1) is 12.7 Å². The molecule has 4 rings (SSSR count). The van der Waals surface area contributed by atoms with Crippen LogP contribution in [-0.2, 0) is 0 Å². The second kappa shape index (κ2) is 7.68. The molecule has 4 heteroatoms. The number of rotatable bonds is 5. The van der Waals surface area contributed by atoms with Crippen molar-refractivity contribution in [3.8, 4) is 0 Å². The molecule has 142 valence electrons. The SMILES string of the molecule is Cc1c(C(=O)/C=C/c2cccc(F)c2)cc2cccn2c1C(=O)c1ccccc1. The van der Waals surface area contributed by atoms with E-state index in [1.54, 1.807) is 47.7 Å². The number of nitrogens with zero attached hydrogens (tertiary/aromatic N) is 1. The van der Waals surface area contributed by atoms with E-state index in [2.05, 4.69) is 0 Å². The minimum atomic E-state index is -0.360. The Bertz CT molecular complexity index is 1250. The molecule has 2 aromatic heterocycles. The number of hydrogen-bond donors (Lipinski definition) is 0. The molecule has 2 heterocycles. The molecule has 29 heavy (non-hydrogen) atoms. The number of halogens is 1. The summed E-state index contributed by atoms with van der Waals surface area (Å²) in [5, 5.41) is 0. The van der Waals surface area contributed by atoms with Crippen molar-refractivity contribution in [1.82, 2.24) is 4.40 Å². The van der Waals surface area contributed by atoms with Crippen LogP contribution in [0.2, 0.25) is 0 Å². The van der Waals surface area contributed by atoms with Gasteiger partial charge in [0.2, 0.25) is 5.78 Å². The number of pyridine rings is 1. The summed E-state index contributed by atoms with van der Waals surface area (Å²) >= 11 is 0. The predicted octanol–water partition coefficient (Wildman–Crippen LogP) is 5.51. The molecule has 3 nitrogen and oxygen atoms in total. The van der Waals surface area contributed by atoms with Crippen molar-refractivity contribution >= 4 is 23.2 Å². The number of aromatic nitrogens is 1. The van der Waals surface area contributed by atoms with E-state index in [1.165, 1.54) is 18.2 Å². The van der Waals surface area contributed by atoms with Gasteiger partial charge in [0, 0.05) is 22.8 Å². The van der Waals surface area contributed by atoms with Crippen LogP contribution in [-0.4, -0.2) is 16.0 Å². The minimum absolute atomic E-state index is 0.145. The molecule has 0 aliphatic heterocycles. The zero-order valence-electron chi connectivity index (χ0n) is 15.8. The summed E-state index contributed by atoms with van der Waals surface area (Å²) in [6.45, 7) is 1.78. The number of carbonyl (C=O) groups is 2. The first-order chi connectivity index (χ1) is 14.0. The Morgan fingerprint density at radius 1 is 0.931 bits per heavy atom. The van der Waals surface area contributed by atoms with Gasteiger partial charge in [0.05, 0.1) is 5.69 Å². The Morgan fingerprint density at radius 3 is 2.48 bits per heavy atom. The summed E-state index contributed by atoms with van der Waals surface area (Å²) < 4.78 is 15.2.